The number of nitrogens with zero attached hydrogens (tertiary/aromatic N) is 2. The highest BCUT2D eigenvalue weighted by molar-refractivity contribution is 5.75. The Kier molecular flexibility index (Phi) is 5.06. The van der Waals surface area contributed by atoms with E-state index in [9.17, 15) is 20.2 Å². The molecular weight excluding hydrogens is 284 g/mol. The maximum atomic E-state index is 11.2. The van der Waals surface area contributed by atoms with Crippen molar-refractivity contribution in [3.05, 3.63) is 37.6 Å². The molecule has 1 aromatic carbocycles. The minimum absolute atomic E-state index is 0.00949. The number of nitro benzene ring substituents is 1. The zero-order chi connectivity index (χ0) is 16.2. The highest BCUT2D eigenvalue weighted by atomic mass is 16.6. The van der Waals surface area contributed by atoms with Gasteiger partial charge in [-0.2, -0.15) is 0 Å². The van der Waals surface area contributed by atoms with Crippen molar-refractivity contribution in [1.29, 1.82) is 0 Å². The van der Waals surface area contributed by atoms with E-state index in [0.29, 0.717) is 0 Å². The quantitative estimate of drug-likeness (QED) is 0.584. The van der Waals surface area contributed by atoms with Gasteiger partial charge >= 0.3 is 0 Å². The average molecular weight is 298 g/mol. The molecule has 9 nitrogen and oxygen atoms in total. The Morgan fingerprint density at radius 1 is 1.10 bits per heavy atom. The predicted molar refractivity (Wildman–Crippen MR) is 73.4 cm³/mol. The SMILES string of the molecule is COc1cc([N+](=O)[O-])c(C=C(C)[N+](=O)[O-])c(OC)c1OC. The summed E-state index contributed by atoms with van der Waals surface area (Å²) >= 11 is 0. The Morgan fingerprint density at radius 3 is 2.05 bits per heavy atom. The van der Waals surface area contributed by atoms with E-state index in [1.165, 1.54) is 28.3 Å². The molecule has 0 saturated carbocycles. The fraction of sp³-hybridized carbons (Fsp3) is 0.333. The van der Waals surface area contributed by atoms with Gasteiger partial charge in [0.25, 0.3) is 5.69 Å². The summed E-state index contributed by atoms with van der Waals surface area (Å²) in [6.45, 7) is 1.22. The molecule has 1 rings (SSSR count). The minimum atomic E-state index is -0.677. The van der Waals surface area contributed by atoms with Crippen LogP contribution in [0, 0.1) is 20.2 Å². The Hall–Kier alpha value is -2.84. The maximum Gasteiger partial charge on any atom is 0.284 e. The molecule has 0 saturated heterocycles. The van der Waals surface area contributed by atoms with E-state index < -0.39 is 9.85 Å². The van der Waals surface area contributed by atoms with Crippen LogP contribution in [0.1, 0.15) is 12.5 Å². The van der Waals surface area contributed by atoms with Gasteiger partial charge in [0.1, 0.15) is 5.56 Å². The Morgan fingerprint density at radius 2 is 1.67 bits per heavy atom. The van der Waals surface area contributed by atoms with Crippen molar-refractivity contribution in [2.24, 2.45) is 0 Å². The van der Waals surface area contributed by atoms with Gasteiger partial charge < -0.3 is 14.2 Å². The molecule has 0 N–H and O–H groups in total. The number of nitro groups is 2. The van der Waals surface area contributed by atoms with Crippen LogP contribution in [0.3, 0.4) is 0 Å². The standard InChI is InChI=1S/C12H14N2O7/c1-7(13(15)16)5-8-9(14(17)18)6-10(19-2)12(21-4)11(8)20-3/h5-6H,1-4H3. The van der Waals surface area contributed by atoms with Gasteiger partial charge in [-0.3, -0.25) is 20.2 Å². The summed E-state index contributed by atoms with van der Waals surface area (Å²) in [7, 11) is 3.93. The van der Waals surface area contributed by atoms with Crippen LogP contribution in [0.5, 0.6) is 17.2 Å². The number of benzene rings is 1. The van der Waals surface area contributed by atoms with Gasteiger partial charge in [-0.25, -0.2) is 0 Å². The first-order chi connectivity index (χ1) is 9.87. The largest absolute Gasteiger partial charge is 0.492 e. The molecule has 0 radical (unpaired) electrons. The van der Waals surface area contributed by atoms with Gasteiger partial charge in [-0.1, -0.05) is 0 Å². The van der Waals surface area contributed by atoms with Crippen molar-refractivity contribution in [3.8, 4) is 17.2 Å². The molecular formula is C12H14N2O7. The average Bonchev–Trinajstić information content (AvgIpc) is 2.45. The summed E-state index contributed by atoms with van der Waals surface area (Å²) in [5.74, 6) is 0.203. The molecule has 21 heavy (non-hydrogen) atoms. The number of rotatable bonds is 6. The van der Waals surface area contributed by atoms with Gasteiger partial charge in [-0.05, 0) is 0 Å². The van der Waals surface area contributed by atoms with E-state index in [-0.39, 0.29) is 34.2 Å². The first-order valence-electron chi connectivity index (χ1n) is 5.67. The number of methoxy groups -OCH3 is 3. The Bertz CT molecular complexity index is 610. The summed E-state index contributed by atoms with van der Waals surface area (Å²) < 4.78 is 15.2. The van der Waals surface area contributed by atoms with Crippen LogP contribution in [0.15, 0.2) is 11.8 Å². The second kappa shape index (κ2) is 6.55. The molecule has 0 heterocycles. The summed E-state index contributed by atoms with van der Waals surface area (Å²) in [5, 5.41) is 21.9. The van der Waals surface area contributed by atoms with Crippen molar-refractivity contribution in [2.45, 2.75) is 6.92 Å². The molecule has 0 unspecified atom stereocenters. The third kappa shape index (κ3) is 3.19. The first kappa shape index (κ1) is 16.2. The third-order valence-corrected chi connectivity index (χ3v) is 2.68. The summed E-state index contributed by atoms with van der Waals surface area (Å²) in [4.78, 5) is 20.6. The van der Waals surface area contributed by atoms with Crippen LogP contribution in [0.4, 0.5) is 5.69 Å². The molecule has 0 bridgehead atoms. The van der Waals surface area contributed by atoms with Gasteiger partial charge in [0.15, 0.2) is 11.5 Å². The van der Waals surface area contributed by atoms with Crippen LogP contribution in [-0.4, -0.2) is 31.2 Å². The molecule has 0 atom stereocenters. The van der Waals surface area contributed by atoms with Crippen LogP contribution in [0.25, 0.3) is 6.08 Å². The zero-order valence-electron chi connectivity index (χ0n) is 11.9. The predicted octanol–water partition coefficient (Wildman–Crippen LogP) is 2.26. The monoisotopic (exact) mass is 298 g/mol. The molecule has 0 aliphatic carbocycles. The van der Waals surface area contributed by atoms with Crippen molar-refractivity contribution in [2.75, 3.05) is 21.3 Å². The second-order valence-electron chi connectivity index (χ2n) is 3.88. The zero-order valence-corrected chi connectivity index (χ0v) is 11.9. The molecule has 0 aliphatic heterocycles. The molecule has 9 heteroatoms. The van der Waals surface area contributed by atoms with Crippen molar-refractivity contribution >= 4 is 11.8 Å². The van der Waals surface area contributed by atoms with Crippen molar-refractivity contribution in [3.63, 3.8) is 0 Å². The third-order valence-electron chi connectivity index (χ3n) is 2.68. The van der Waals surface area contributed by atoms with Crippen molar-refractivity contribution in [1.82, 2.24) is 0 Å². The number of allylic oxidation sites excluding steroid dienone is 1. The van der Waals surface area contributed by atoms with Gasteiger partial charge in [-0.15, -0.1) is 0 Å². The highest BCUT2D eigenvalue weighted by Gasteiger charge is 2.27. The maximum absolute atomic E-state index is 11.2. The minimum Gasteiger partial charge on any atom is -0.492 e. The molecule has 0 aromatic heterocycles. The number of ether oxygens (including phenoxy) is 3. The fourth-order valence-corrected chi connectivity index (χ4v) is 1.72. The molecule has 114 valence electrons. The molecule has 0 fully saturated rings. The van der Waals surface area contributed by atoms with Gasteiger partial charge in [0.05, 0.1) is 37.2 Å². The van der Waals surface area contributed by atoms with Crippen LogP contribution in [-0.2, 0) is 0 Å². The summed E-state index contributed by atoms with van der Waals surface area (Å²) in [6.07, 6.45) is 1.05. The smallest absolute Gasteiger partial charge is 0.284 e. The topological polar surface area (TPSA) is 114 Å². The first-order valence-corrected chi connectivity index (χ1v) is 5.67. The lowest BCUT2D eigenvalue weighted by molar-refractivity contribution is -0.422. The van der Waals surface area contributed by atoms with E-state index in [1.807, 2.05) is 0 Å². The van der Waals surface area contributed by atoms with E-state index in [2.05, 4.69) is 0 Å². The van der Waals surface area contributed by atoms with E-state index in [0.717, 1.165) is 12.1 Å². The second-order valence-corrected chi connectivity index (χ2v) is 3.88. The van der Waals surface area contributed by atoms with Gasteiger partial charge in [0, 0.05) is 13.0 Å². The van der Waals surface area contributed by atoms with Crippen molar-refractivity contribution < 1.29 is 24.1 Å². The number of hydrogen-bond donors (Lipinski definition) is 0. The fourth-order valence-electron chi connectivity index (χ4n) is 1.72. The Balaban J connectivity index is 3.76. The Labute approximate surface area is 120 Å². The van der Waals surface area contributed by atoms with E-state index in [1.54, 1.807) is 0 Å². The molecule has 0 spiro atoms. The lowest BCUT2D eigenvalue weighted by atomic mass is 10.1. The number of hydrogen-bond acceptors (Lipinski definition) is 7. The molecule has 1 aromatic rings. The normalized spacial score (nSPS) is 11.0. The summed E-state index contributed by atoms with van der Waals surface area (Å²) in [5.41, 5.74) is -0.719. The lowest BCUT2D eigenvalue weighted by Crippen LogP contribution is -2.02. The van der Waals surface area contributed by atoms with Crippen LogP contribution >= 0.6 is 0 Å². The molecule has 0 amide bonds. The summed E-state index contributed by atoms with van der Waals surface area (Å²) in [6, 6.07) is 1.13. The van der Waals surface area contributed by atoms with E-state index in [4.69, 9.17) is 14.2 Å². The van der Waals surface area contributed by atoms with Crippen LogP contribution < -0.4 is 14.2 Å². The highest BCUT2D eigenvalue weighted by Crippen LogP contribution is 2.45. The van der Waals surface area contributed by atoms with Gasteiger partial charge in [0.2, 0.25) is 11.4 Å². The van der Waals surface area contributed by atoms with E-state index >= 15 is 0 Å². The van der Waals surface area contributed by atoms with Crippen LogP contribution in [0.2, 0.25) is 0 Å². The lowest BCUT2D eigenvalue weighted by Gasteiger charge is -2.14. The molecule has 0 aliphatic rings.